The van der Waals surface area contributed by atoms with Gasteiger partial charge in [-0.15, -0.1) is 0 Å². The summed E-state index contributed by atoms with van der Waals surface area (Å²) < 4.78 is 5.89. The van der Waals surface area contributed by atoms with E-state index in [-0.39, 0.29) is 12.1 Å². The summed E-state index contributed by atoms with van der Waals surface area (Å²) in [5.41, 5.74) is 0. The predicted molar refractivity (Wildman–Crippen MR) is 190 cm³/mol. The van der Waals surface area contributed by atoms with E-state index in [1.54, 1.807) is 0 Å². The van der Waals surface area contributed by atoms with Gasteiger partial charge in [0.15, 0.2) is 0 Å². The van der Waals surface area contributed by atoms with Crippen LogP contribution in [0.1, 0.15) is 162 Å². The summed E-state index contributed by atoms with van der Waals surface area (Å²) in [6, 6.07) is 0. The molecule has 250 valence electrons. The Labute approximate surface area is 271 Å². The molecular weight excluding hydrogens is 544 g/mol. The first-order chi connectivity index (χ1) is 21.6. The van der Waals surface area contributed by atoms with Gasteiger partial charge in [-0.1, -0.05) is 145 Å². The molecule has 0 aliphatic carbocycles. The smallest absolute Gasteiger partial charge is 0.306 e. The maximum Gasteiger partial charge on any atom is 0.306 e. The number of hydrogen-bond donors (Lipinski definition) is 1. The van der Waals surface area contributed by atoms with E-state index in [4.69, 9.17) is 9.84 Å². The molecule has 0 aliphatic rings. The Morgan fingerprint density at radius 1 is 0.523 bits per heavy atom. The number of carbonyl (C=O) groups is 2. The molecule has 0 radical (unpaired) electrons. The molecule has 0 heterocycles. The molecule has 0 aromatic rings. The topological polar surface area (TPSA) is 63.6 Å². The summed E-state index contributed by atoms with van der Waals surface area (Å²) in [6.45, 7) is 4.36. The predicted octanol–water partition coefficient (Wildman–Crippen LogP) is 12.3. The van der Waals surface area contributed by atoms with Gasteiger partial charge < -0.3 is 9.84 Å². The lowest BCUT2D eigenvalue weighted by Crippen LogP contribution is -2.18. The molecular formula is C40H66O4. The third-order valence-corrected chi connectivity index (χ3v) is 7.46. The van der Waals surface area contributed by atoms with Crippen LogP contribution in [0.4, 0.5) is 0 Å². The van der Waals surface area contributed by atoms with Crippen molar-refractivity contribution in [3.05, 3.63) is 72.9 Å². The second-order valence-electron chi connectivity index (χ2n) is 11.7. The lowest BCUT2D eigenvalue weighted by Gasteiger charge is -2.18. The number of unbranched alkanes of at least 4 members (excludes halogenated alkanes) is 10. The largest absolute Gasteiger partial charge is 0.481 e. The third-order valence-electron chi connectivity index (χ3n) is 7.46. The zero-order valence-corrected chi connectivity index (χ0v) is 28.4. The highest BCUT2D eigenvalue weighted by Gasteiger charge is 2.13. The van der Waals surface area contributed by atoms with Crippen molar-refractivity contribution in [3.8, 4) is 0 Å². The van der Waals surface area contributed by atoms with E-state index in [2.05, 4.69) is 86.8 Å². The van der Waals surface area contributed by atoms with Gasteiger partial charge in [0.05, 0.1) is 0 Å². The average molecular weight is 611 g/mol. The Hall–Kier alpha value is -2.62. The monoisotopic (exact) mass is 610 g/mol. The third kappa shape index (κ3) is 33.9. The van der Waals surface area contributed by atoms with Crippen LogP contribution in [-0.4, -0.2) is 23.1 Å². The van der Waals surface area contributed by atoms with Crippen LogP contribution in [0.2, 0.25) is 0 Å². The van der Waals surface area contributed by atoms with Crippen molar-refractivity contribution in [3.63, 3.8) is 0 Å². The van der Waals surface area contributed by atoms with E-state index in [0.29, 0.717) is 12.8 Å². The van der Waals surface area contributed by atoms with Crippen molar-refractivity contribution in [2.24, 2.45) is 0 Å². The number of allylic oxidation sites excluding steroid dienone is 12. The molecule has 1 N–H and O–H groups in total. The summed E-state index contributed by atoms with van der Waals surface area (Å²) in [6.07, 6.45) is 49.5. The molecule has 0 fully saturated rings. The van der Waals surface area contributed by atoms with Gasteiger partial charge in [-0.3, -0.25) is 9.59 Å². The molecule has 4 nitrogen and oxygen atoms in total. The second kappa shape index (κ2) is 34.9. The van der Waals surface area contributed by atoms with E-state index in [1.807, 2.05) is 0 Å². The number of carboxylic acid groups (broad SMARTS) is 1. The highest BCUT2D eigenvalue weighted by Crippen LogP contribution is 2.17. The van der Waals surface area contributed by atoms with Gasteiger partial charge in [0.25, 0.3) is 0 Å². The van der Waals surface area contributed by atoms with Crippen LogP contribution in [0.3, 0.4) is 0 Å². The number of hydrogen-bond acceptors (Lipinski definition) is 3. The van der Waals surface area contributed by atoms with Gasteiger partial charge in [-0.25, -0.2) is 0 Å². The Balaban J connectivity index is 3.95. The second-order valence-corrected chi connectivity index (χ2v) is 11.7. The number of rotatable bonds is 31. The zero-order chi connectivity index (χ0) is 32.2. The van der Waals surface area contributed by atoms with Gasteiger partial charge in [0.1, 0.15) is 6.10 Å². The van der Waals surface area contributed by atoms with Crippen LogP contribution >= 0.6 is 0 Å². The molecule has 44 heavy (non-hydrogen) atoms. The molecule has 0 saturated heterocycles. The molecule has 1 atom stereocenters. The lowest BCUT2D eigenvalue weighted by atomic mass is 10.0. The molecule has 0 spiro atoms. The average Bonchev–Trinajstić information content (AvgIpc) is 3.00. The molecule has 0 aromatic carbocycles. The van der Waals surface area contributed by atoms with Crippen LogP contribution in [-0.2, 0) is 14.3 Å². The van der Waals surface area contributed by atoms with Crippen molar-refractivity contribution in [1.29, 1.82) is 0 Å². The standard InChI is InChI=1S/C40H66O4/c1-3-5-7-8-9-10-11-12-13-14-15-16-17-18-19-23-26-29-33-37-40(43)44-38(34-30-6-4-2)35-31-27-24-21-20-22-25-28-32-36-39(41)42/h5,7,9-10,12-13,15-16,18-19,26,29,38H,3-4,6,8,11,14,17,20-25,27-28,30-37H2,1-2H3,(H,41,42)/b7-5-,10-9-,13-12-,16-15-,19-18-,29-26-. The summed E-state index contributed by atoms with van der Waals surface area (Å²) in [4.78, 5) is 23.0. The fourth-order valence-corrected chi connectivity index (χ4v) is 4.86. The maximum absolute atomic E-state index is 12.5. The van der Waals surface area contributed by atoms with Crippen molar-refractivity contribution >= 4 is 11.9 Å². The molecule has 0 aromatic heterocycles. The molecule has 1 unspecified atom stereocenters. The molecule has 4 heteroatoms. The lowest BCUT2D eigenvalue weighted by molar-refractivity contribution is -0.149. The Morgan fingerprint density at radius 3 is 1.39 bits per heavy atom. The van der Waals surface area contributed by atoms with E-state index in [0.717, 1.165) is 89.9 Å². The highest BCUT2D eigenvalue weighted by molar-refractivity contribution is 5.69. The normalized spacial score (nSPS) is 13.1. The fourth-order valence-electron chi connectivity index (χ4n) is 4.86. The summed E-state index contributed by atoms with van der Waals surface area (Å²) >= 11 is 0. The van der Waals surface area contributed by atoms with Gasteiger partial charge >= 0.3 is 11.9 Å². The van der Waals surface area contributed by atoms with Crippen molar-refractivity contribution in [2.75, 3.05) is 0 Å². The van der Waals surface area contributed by atoms with Gasteiger partial charge in [0.2, 0.25) is 0 Å². The van der Waals surface area contributed by atoms with Gasteiger partial charge in [0, 0.05) is 12.8 Å². The van der Waals surface area contributed by atoms with Crippen molar-refractivity contribution in [1.82, 2.24) is 0 Å². The molecule has 0 aliphatic heterocycles. The number of carbonyl (C=O) groups excluding carboxylic acids is 1. The Bertz CT molecular complexity index is 830. The van der Waals surface area contributed by atoms with E-state index in [9.17, 15) is 9.59 Å². The first-order valence-corrected chi connectivity index (χ1v) is 17.9. The number of esters is 1. The maximum atomic E-state index is 12.5. The van der Waals surface area contributed by atoms with Crippen LogP contribution < -0.4 is 0 Å². The molecule has 0 amide bonds. The van der Waals surface area contributed by atoms with E-state index < -0.39 is 5.97 Å². The van der Waals surface area contributed by atoms with E-state index >= 15 is 0 Å². The summed E-state index contributed by atoms with van der Waals surface area (Å²) in [7, 11) is 0. The molecule has 0 rings (SSSR count). The first kappa shape index (κ1) is 41.4. The highest BCUT2D eigenvalue weighted by atomic mass is 16.5. The van der Waals surface area contributed by atoms with Gasteiger partial charge in [-0.2, -0.15) is 0 Å². The van der Waals surface area contributed by atoms with Crippen LogP contribution in [0.15, 0.2) is 72.9 Å². The zero-order valence-electron chi connectivity index (χ0n) is 28.4. The minimum atomic E-state index is -0.687. The Morgan fingerprint density at radius 2 is 0.932 bits per heavy atom. The minimum absolute atomic E-state index is 0.0612. The van der Waals surface area contributed by atoms with Crippen LogP contribution in [0.5, 0.6) is 0 Å². The Kier molecular flexibility index (Phi) is 32.8. The summed E-state index contributed by atoms with van der Waals surface area (Å²) in [5, 5.41) is 8.69. The molecule has 0 saturated carbocycles. The fraction of sp³-hybridized carbons (Fsp3) is 0.650. The number of aliphatic carboxylic acids is 1. The van der Waals surface area contributed by atoms with Crippen molar-refractivity contribution in [2.45, 2.75) is 168 Å². The summed E-state index contributed by atoms with van der Waals surface area (Å²) in [5.74, 6) is -0.748. The van der Waals surface area contributed by atoms with E-state index in [1.165, 1.54) is 44.9 Å². The molecule has 0 bridgehead atoms. The van der Waals surface area contributed by atoms with Crippen LogP contribution in [0.25, 0.3) is 0 Å². The first-order valence-electron chi connectivity index (χ1n) is 17.9. The quantitative estimate of drug-likeness (QED) is 0.0482. The van der Waals surface area contributed by atoms with Gasteiger partial charge in [-0.05, 0) is 77.0 Å². The minimum Gasteiger partial charge on any atom is -0.481 e. The van der Waals surface area contributed by atoms with Crippen molar-refractivity contribution < 1.29 is 19.4 Å². The number of carboxylic acids is 1. The number of ether oxygens (including phenoxy) is 1. The van der Waals surface area contributed by atoms with Crippen LogP contribution in [0, 0.1) is 0 Å². The SMILES string of the molecule is CC/C=C\C/C=C\C/C=C\C/C=C\C/C=C\C/C=C\CCC(=O)OC(CCCCC)CCCCCCCCCCCC(=O)O.